The second-order valence-electron chi connectivity index (χ2n) is 4.87. The second-order valence-corrected chi connectivity index (χ2v) is 5.26. The van der Waals surface area contributed by atoms with Crippen molar-refractivity contribution in [3.05, 3.63) is 52.8 Å². The fourth-order valence-corrected chi connectivity index (χ4v) is 2.81. The summed E-state index contributed by atoms with van der Waals surface area (Å²) < 4.78 is 5.41. The van der Waals surface area contributed by atoms with Gasteiger partial charge in [-0.05, 0) is 36.6 Å². The molecule has 0 aliphatic carbocycles. The smallest absolute Gasteiger partial charge is 0.277 e. The quantitative estimate of drug-likeness (QED) is 0.799. The van der Waals surface area contributed by atoms with E-state index in [1.54, 1.807) is 30.2 Å². The number of aryl methyl sites for hydroxylation is 1. The number of ether oxygens (including phenoxy) is 1. The SMILES string of the molecule is COc1cccc2c1N(C(=O)c1cccc(Cl)n1)CCC2. The Kier molecular flexibility index (Phi) is 3.80. The summed E-state index contributed by atoms with van der Waals surface area (Å²) in [6, 6.07) is 10.9. The molecule has 2 aromatic rings. The van der Waals surface area contributed by atoms with Gasteiger partial charge in [0.15, 0.2) is 0 Å². The summed E-state index contributed by atoms with van der Waals surface area (Å²) in [6.07, 6.45) is 1.87. The topological polar surface area (TPSA) is 42.4 Å². The number of pyridine rings is 1. The molecule has 4 nitrogen and oxygen atoms in total. The van der Waals surface area contributed by atoms with Gasteiger partial charge in [-0.1, -0.05) is 29.8 Å². The summed E-state index contributed by atoms with van der Waals surface area (Å²) in [5, 5.41) is 0.318. The molecule has 0 spiro atoms. The van der Waals surface area contributed by atoms with Gasteiger partial charge in [-0.15, -0.1) is 0 Å². The average molecular weight is 303 g/mol. The van der Waals surface area contributed by atoms with E-state index in [-0.39, 0.29) is 5.91 Å². The molecular weight excluding hydrogens is 288 g/mol. The molecule has 0 atom stereocenters. The number of aromatic nitrogens is 1. The van der Waals surface area contributed by atoms with Crippen LogP contribution in [0.4, 0.5) is 5.69 Å². The molecule has 0 saturated heterocycles. The standard InChI is InChI=1S/C16H15ClN2O2/c1-21-13-8-2-5-11-6-4-10-19(15(11)13)16(20)12-7-3-9-14(17)18-12/h2-3,5,7-9H,4,6,10H2,1H3. The maximum Gasteiger partial charge on any atom is 0.277 e. The molecular formula is C16H15ClN2O2. The van der Waals surface area contributed by atoms with Crippen LogP contribution in [0, 0.1) is 0 Å². The van der Waals surface area contributed by atoms with Gasteiger partial charge in [0.1, 0.15) is 16.6 Å². The van der Waals surface area contributed by atoms with Gasteiger partial charge in [0.25, 0.3) is 5.91 Å². The highest BCUT2D eigenvalue weighted by atomic mass is 35.5. The summed E-state index contributed by atoms with van der Waals surface area (Å²) in [6.45, 7) is 0.653. The Hall–Kier alpha value is -2.07. The Labute approximate surface area is 128 Å². The van der Waals surface area contributed by atoms with E-state index in [1.807, 2.05) is 18.2 Å². The third kappa shape index (κ3) is 2.59. The summed E-state index contributed by atoms with van der Waals surface area (Å²) >= 11 is 5.88. The average Bonchev–Trinajstić information content (AvgIpc) is 2.53. The van der Waals surface area contributed by atoms with Crippen molar-refractivity contribution in [2.24, 2.45) is 0 Å². The van der Waals surface area contributed by atoms with Crippen LogP contribution in [0.25, 0.3) is 0 Å². The highest BCUT2D eigenvalue weighted by molar-refractivity contribution is 6.29. The molecule has 1 aliphatic heterocycles. The molecule has 1 aromatic carbocycles. The van der Waals surface area contributed by atoms with E-state index in [0.29, 0.717) is 23.1 Å². The Bertz CT molecular complexity index is 673. The first-order chi connectivity index (χ1) is 10.2. The van der Waals surface area contributed by atoms with Gasteiger partial charge >= 0.3 is 0 Å². The van der Waals surface area contributed by atoms with E-state index in [9.17, 15) is 4.79 Å². The number of para-hydroxylation sites is 1. The third-order valence-corrected chi connectivity index (χ3v) is 3.79. The predicted molar refractivity (Wildman–Crippen MR) is 82.2 cm³/mol. The number of rotatable bonds is 2. The van der Waals surface area contributed by atoms with E-state index < -0.39 is 0 Å². The minimum atomic E-state index is -0.150. The van der Waals surface area contributed by atoms with Gasteiger partial charge < -0.3 is 9.64 Å². The third-order valence-electron chi connectivity index (χ3n) is 3.58. The van der Waals surface area contributed by atoms with Crippen LogP contribution in [0.2, 0.25) is 5.15 Å². The molecule has 0 saturated carbocycles. The number of hydrogen-bond donors (Lipinski definition) is 0. The summed E-state index contributed by atoms with van der Waals surface area (Å²) in [7, 11) is 1.62. The zero-order valence-electron chi connectivity index (χ0n) is 11.7. The number of fused-ring (bicyclic) bond motifs is 1. The van der Waals surface area contributed by atoms with Crippen LogP contribution in [0.15, 0.2) is 36.4 Å². The molecule has 2 heterocycles. The molecule has 0 fully saturated rings. The molecule has 0 N–H and O–H groups in total. The summed E-state index contributed by atoms with van der Waals surface area (Å²) in [4.78, 5) is 18.6. The predicted octanol–water partition coefficient (Wildman–Crippen LogP) is 3.34. The van der Waals surface area contributed by atoms with Crippen LogP contribution in [-0.4, -0.2) is 24.5 Å². The molecule has 108 valence electrons. The summed E-state index contributed by atoms with van der Waals surface area (Å²) in [5.41, 5.74) is 2.32. The Morgan fingerprint density at radius 2 is 2.10 bits per heavy atom. The van der Waals surface area contributed by atoms with Crippen molar-refractivity contribution in [2.45, 2.75) is 12.8 Å². The lowest BCUT2D eigenvalue weighted by atomic mass is 10.0. The fourth-order valence-electron chi connectivity index (χ4n) is 2.65. The van der Waals surface area contributed by atoms with E-state index in [2.05, 4.69) is 4.98 Å². The van der Waals surface area contributed by atoms with Crippen molar-refractivity contribution in [3.8, 4) is 5.75 Å². The van der Waals surface area contributed by atoms with E-state index in [0.717, 1.165) is 24.1 Å². The van der Waals surface area contributed by atoms with Crippen molar-refractivity contribution in [1.82, 2.24) is 4.98 Å². The fraction of sp³-hybridized carbons (Fsp3) is 0.250. The van der Waals surface area contributed by atoms with Crippen molar-refractivity contribution >= 4 is 23.2 Å². The van der Waals surface area contributed by atoms with E-state index in [4.69, 9.17) is 16.3 Å². The molecule has 0 unspecified atom stereocenters. The van der Waals surface area contributed by atoms with Crippen LogP contribution < -0.4 is 9.64 Å². The maximum absolute atomic E-state index is 12.7. The Morgan fingerprint density at radius 1 is 1.29 bits per heavy atom. The number of methoxy groups -OCH3 is 1. The first-order valence-electron chi connectivity index (χ1n) is 6.81. The molecule has 0 bridgehead atoms. The highest BCUT2D eigenvalue weighted by Gasteiger charge is 2.27. The molecule has 1 amide bonds. The van der Waals surface area contributed by atoms with Crippen molar-refractivity contribution in [1.29, 1.82) is 0 Å². The first kappa shape index (κ1) is 13.9. The lowest BCUT2D eigenvalue weighted by molar-refractivity contribution is 0.0979. The van der Waals surface area contributed by atoms with Crippen molar-refractivity contribution in [3.63, 3.8) is 0 Å². The van der Waals surface area contributed by atoms with E-state index in [1.165, 1.54) is 0 Å². The summed E-state index contributed by atoms with van der Waals surface area (Å²) in [5.74, 6) is 0.561. The highest BCUT2D eigenvalue weighted by Crippen LogP contribution is 2.36. The minimum Gasteiger partial charge on any atom is -0.495 e. The zero-order chi connectivity index (χ0) is 14.8. The molecule has 0 radical (unpaired) electrons. The number of hydrogen-bond acceptors (Lipinski definition) is 3. The number of anilines is 1. The lowest BCUT2D eigenvalue weighted by Gasteiger charge is -2.30. The van der Waals surface area contributed by atoms with Gasteiger partial charge in [0.2, 0.25) is 0 Å². The van der Waals surface area contributed by atoms with Gasteiger partial charge in [-0.2, -0.15) is 0 Å². The van der Waals surface area contributed by atoms with Crippen molar-refractivity contribution in [2.75, 3.05) is 18.6 Å². The molecule has 3 rings (SSSR count). The Balaban J connectivity index is 2.04. The van der Waals surface area contributed by atoms with Crippen LogP contribution in [-0.2, 0) is 6.42 Å². The Morgan fingerprint density at radius 3 is 2.86 bits per heavy atom. The van der Waals surface area contributed by atoms with E-state index >= 15 is 0 Å². The zero-order valence-corrected chi connectivity index (χ0v) is 12.4. The van der Waals surface area contributed by atoms with Crippen LogP contribution in [0.5, 0.6) is 5.75 Å². The normalized spacial score (nSPS) is 13.7. The van der Waals surface area contributed by atoms with Gasteiger partial charge in [-0.3, -0.25) is 4.79 Å². The van der Waals surface area contributed by atoms with Crippen LogP contribution >= 0.6 is 11.6 Å². The number of amides is 1. The number of halogens is 1. The molecule has 1 aliphatic rings. The first-order valence-corrected chi connectivity index (χ1v) is 7.19. The van der Waals surface area contributed by atoms with Crippen LogP contribution in [0.1, 0.15) is 22.5 Å². The monoisotopic (exact) mass is 302 g/mol. The molecule has 5 heteroatoms. The van der Waals surface area contributed by atoms with Gasteiger partial charge in [0.05, 0.1) is 12.8 Å². The number of benzene rings is 1. The van der Waals surface area contributed by atoms with Crippen LogP contribution in [0.3, 0.4) is 0 Å². The second kappa shape index (κ2) is 5.74. The number of nitrogens with zero attached hydrogens (tertiary/aromatic N) is 2. The molecule has 1 aromatic heterocycles. The largest absolute Gasteiger partial charge is 0.495 e. The molecule has 21 heavy (non-hydrogen) atoms. The van der Waals surface area contributed by atoms with Gasteiger partial charge in [0, 0.05) is 6.54 Å². The van der Waals surface area contributed by atoms with Gasteiger partial charge in [-0.25, -0.2) is 4.98 Å². The van der Waals surface area contributed by atoms with Crippen molar-refractivity contribution < 1.29 is 9.53 Å². The maximum atomic E-state index is 12.7. The number of carbonyl (C=O) groups is 1. The minimum absolute atomic E-state index is 0.150. The number of carbonyl (C=O) groups excluding carboxylic acids is 1. The lowest BCUT2D eigenvalue weighted by Crippen LogP contribution is -2.36.